The van der Waals surface area contributed by atoms with Crippen molar-refractivity contribution in [2.75, 3.05) is 72.0 Å². The number of amides is 3. The number of carboxylic acids is 3. The van der Waals surface area contributed by atoms with Gasteiger partial charge in [0.25, 0.3) is 11.8 Å². The topological polar surface area (TPSA) is 208 Å². The average molecular weight is 514 g/mol. The number of imide groups is 1. The molecule has 1 aliphatic heterocycles. The van der Waals surface area contributed by atoms with Gasteiger partial charge in [0.2, 0.25) is 5.91 Å². The number of nitrogens with zero attached hydrogens (tertiary/aromatic N) is 4. The van der Waals surface area contributed by atoms with Gasteiger partial charge in [0.15, 0.2) is 0 Å². The zero-order chi connectivity index (χ0) is 27.3. The highest BCUT2D eigenvalue weighted by atomic mass is 16.4. The summed E-state index contributed by atoms with van der Waals surface area (Å²) in [6.07, 6.45) is 2.24. The third-order valence-corrected chi connectivity index (χ3v) is 4.87. The van der Waals surface area contributed by atoms with Crippen LogP contribution < -0.4 is 5.32 Å². The number of carboxylic acid groups (broad SMARTS) is 3. The van der Waals surface area contributed by atoms with E-state index in [0.29, 0.717) is 0 Å². The van der Waals surface area contributed by atoms with Gasteiger partial charge in [-0.2, -0.15) is 0 Å². The van der Waals surface area contributed by atoms with Crippen molar-refractivity contribution >= 4 is 35.6 Å². The summed E-state index contributed by atoms with van der Waals surface area (Å²) in [6.45, 7) is 1.76. The van der Waals surface area contributed by atoms with E-state index in [1.807, 2.05) is 0 Å². The van der Waals surface area contributed by atoms with Gasteiger partial charge < -0.3 is 25.7 Å². The van der Waals surface area contributed by atoms with Crippen molar-refractivity contribution in [2.45, 2.75) is 0 Å². The Bertz CT molecular complexity index is 800. The lowest BCUT2D eigenvalue weighted by Crippen LogP contribution is -2.47. The molecular formula is C21H31N5O10. The summed E-state index contributed by atoms with van der Waals surface area (Å²) >= 11 is 0. The molecule has 0 saturated heterocycles. The van der Waals surface area contributed by atoms with Crippen LogP contribution in [-0.4, -0.2) is 148 Å². The van der Waals surface area contributed by atoms with Crippen LogP contribution in [0.15, 0.2) is 24.5 Å². The summed E-state index contributed by atoms with van der Waals surface area (Å²) in [5, 5.41) is 39.1. The quantitative estimate of drug-likeness (QED) is 0.0878. The molecule has 0 fully saturated rings. The molecule has 3 amide bonds. The highest BCUT2D eigenvalue weighted by Crippen LogP contribution is 2.02. The molecule has 0 radical (unpaired) electrons. The Balaban J connectivity index is 2.77. The van der Waals surface area contributed by atoms with E-state index in [2.05, 4.69) is 11.9 Å². The molecule has 15 nitrogen and oxygen atoms in total. The van der Waals surface area contributed by atoms with Gasteiger partial charge in [-0.05, 0) is 0 Å². The minimum Gasteiger partial charge on any atom is -0.512 e. The molecule has 0 spiro atoms. The van der Waals surface area contributed by atoms with Crippen LogP contribution >= 0.6 is 0 Å². The number of nitrogens with one attached hydrogen (secondary N) is 1. The van der Waals surface area contributed by atoms with E-state index in [1.165, 1.54) is 4.90 Å². The van der Waals surface area contributed by atoms with Crippen LogP contribution in [0.5, 0.6) is 0 Å². The SMILES string of the molecule is C=C(O)CN(CCN(CCN(CC(=O)O)CC(=O)O)CC(=O)NCCN1C(=O)C=CC1=O)CC(=O)O. The molecule has 0 aliphatic carbocycles. The predicted octanol–water partition coefficient (Wildman–Crippen LogP) is -2.74. The van der Waals surface area contributed by atoms with Crippen LogP contribution in [0, 0.1) is 0 Å². The monoisotopic (exact) mass is 513 g/mol. The minimum absolute atomic E-state index is 0.00847. The largest absolute Gasteiger partial charge is 0.512 e. The Hall–Kier alpha value is -3.82. The number of aliphatic hydroxyl groups excluding tert-OH is 1. The second-order valence-corrected chi connectivity index (χ2v) is 7.96. The molecule has 0 aromatic carbocycles. The van der Waals surface area contributed by atoms with Gasteiger partial charge in [-0.1, -0.05) is 6.58 Å². The van der Waals surface area contributed by atoms with Crippen molar-refractivity contribution in [3.05, 3.63) is 24.5 Å². The average Bonchev–Trinajstić information content (AvgIpc) is 3.05. The lowest BCUT2D eigenvalue weighted by molar-refractivity contribution is -0.142. The molecule has 0 bridgehead atoms. The molecule has 36 heavy (non-hydrogen) atoms. The Morgan fingerprint density at radius 1 is 0.722 bits per heavy atom. The maximum absolute atomic E-state index is 12.5. The van der Waals surface area contributed by atoms with Crippen LogP contribution in [0.25, 0.3) is 0 Å². The molecule has 0 aromatic heterocycles. The summed E-state index contributed by atoms with van der Waals surface area (Å²) in [6, 6.07) is 0. The fourth-order valence-corrected chi connectivity index (χ4v) is 3.31. The van der Waals surface area contributed by atoms with Crippen molar-refractivity contribution in [1.29, 1.82) is 0 Å². The predicted molar refractivity (Wildman–Crippen MR) is 123 cm³/mol. The second-order valence-electron chi connectivity index (χ2n) is 7.96. The zero-order valence-corrected chi connectivity index (χ0v) is 19.7. The number of hydrogen-bond donors (Lipinski definition) is 5. The van der Waals surface area contributed by atoms with Crippen molar-refractivity contribution in [2.24, 2.45) is 0 Å². The number of carbonyl (C=O) groups is 6. The van der Waals surface area contributed by atoms with Crippen molar-refractivity contribution in [3.63, 3.8) is 0 Å². The molecule has 5 N–H and O–H groups in total. The maximum Gasteiger partial charge on any atom is 0.317 e. The van der Waals surface area contributed by atoms with E-state index in [1.54, 1.807) is 4.90 Å². The van der Waals surface area contributed by atoms with Crippen LogP contribution in [0.1, 0.15) is 0 Å². The Morgan fingerprint density at radius 2 is 1.14 bits per heavy atom. The first-order chi connectivity index (χ1) is 16.9. The van der Waals surface area contributed by atoms with E-state index in [-0.39, 0.29) is 58.1 Å². The Morgan fingerprint density at radius 3 is 1.56 bits per heavy atom. The van der Waals surface area contributed by atoms with Gasteiger partial charge in [-0.15, -0.1) is 0 Å². The third kappa shape index (κ3) is 12.6. The standard InChI is InChI=1S/C21H31N5O10/c1-15(27)10-24(12-19(31)32)8-6-23(7-9-25(13-20(33)34)14-21(35)36)11-16(28)22-4-5-26-17(29)2-3-18(26)30/h2-3,27H,1,4-14H2,(H,22,28)(H,31,32)(H,33,34)(H,35,36). The number of hydrogen-bond acceptors (Lipinski definition) is 10. The maximum atomic E-state index is 12.5. The normalized spacial score (nSPS) is 13.1. The van der Waals surface area contributed by atoms with E-state index in [0.717, 1.165) is 22.0 Å². The molecule has 200 valence electrons. The number of aliphatic hydroxyl groups is 1. The molecule has 0 aromatic rings. The smallest absolute Gasteiger partial charge is 0.317 e. The molecule has 0 atom stereocenters. The van der Waals surface area contributed by atoms with Gasteiger partial charge in [-0.3, -0.25) is 48.4 Å². The Labute approximate surface area is 206 Å². The first-order valence-corrected chi connectivity index (χ1v) is 10.9. The van der Waals surface area contributed by atoms with Crippen LogP contribution in [0.4, 0.5) is 0 Å². The van der Waals surface area contributed by atoms with Crippen molar-refractivity contribution in [1.82, 2.24) is 24.9 Å². The summed E-state index contributed by atoms with van der Waals surface area (Å²) in [5.74, 6) is -5.31. The number of carbonyl (C=O) groups excluding carboxylic acids is 3. The lowest BCUT2D eigenvalue weighted by atomic mass is 10.3. The van der Waals surface area contributed by atoms with Gasteiger partial charge in [0.1, 0.15) is 0 Å². The first-order valence-electron chi connectivity index (χ1n) is 10.9. The molecule has 0 saturated carbocycles. The lowest BCUT2D eigenvalue weighted by Gasteiger charge is -2.28. The molecular weight excluding hydrogens is 482 g/mol. The van der Waals surface area contributed by atoms with E-state index in [9.17, 15) is 33.9 Å². The highest BCUT2D eigenvalue weighted by Gasteiger charge is 2.23. The van der Waals surface area contributed by atoms with E-state index >= 15 is 0 Å². The van der Waals surface area contributed by atoms with Crippen molar-refractivity contribution in [3.8, 4) is 0 Å². The molecule has 0 unspecified atom stereocenters. The van der Waals surface area contributed by atoms with Crippen molar-refractivity contribution < 1.29 is 49.2 Å². The summed E-state index contributed by atoms with van der Waals surface area (Å²) in [7, 11) is 0. The summed E-state index contributed by atoms with van der Waals surface area (Å²) in [5.41, 5.74) is 0. The summed E-state index contributed by atoms with van der Waals surface area (Å²) in [4.78, 5) is 73.9. The second kappa shape index (κ2) is 15.2. The molecule has 1 heterocycles. The van der Waals surface area contributed by atoms with Gasteiger partial charge >= 0.3 is 17.9 Å². The van der Waals surface area contributed by atoms with E-state index < -0.39 is 55.3 Å². The summed E-state index contributed by atoms with van der Waals surface area (Å²) < 4.78 is 0. The van der Waals surface area contributed by atoms with E-state index in [4.69, 9.17) is 15.3 Å². The van der Waals surface area contributed by atoms with Gasteiger partial charge in [0.05, 0.1) is 38.5 Å². The zero-order valence-electron chi connectivity index (χ0n) is 19.7. The minimum atomic E-state index is -1.23. The van der Waals surface area contributed by atoms with Crippen LogP contribution in [-0.2, 0) is 28.8 Å². The van der Waals surface area contributed by atoms with Crippen LogP contribution in [0.2, 0.25) is 0 Å². The molecule has 15 heteroatoms. The van der Waals surface area contributed by atoms with Gasteiger partial charge in [0, 0.05) is 51.4 Å². The molecule has 1 aliphatic rings. The highest BCUT2D eigenvalue weighted by molar-refractivity contribution is 6.12. The fraction of sp³-hybridized carbons (Fsp3) is 0.524. The number of rotatable bonds is 19. The first kappa shape index (κ1) is 30.2. The van der Waals surface area contributed by atoms with Gasteiger partial charge in [-0.25, -0.2) is 0 Å². The number of aliphatic carboxylic acids is 3. The van der Waals surface area contributed by atoms with Crippen LogP contribution in [0.3, 0.4) is 0 Å². The Kier molecular flexibility index (Phi) is 12.8. The fourth-order valence-electron chi connectivity index (χ4n) is 3.31. The third-order valence-electron chi connectivity index (χ3n) is 4.87. The molecule has 1 rings (SSSR count).